The van der Waals surface area contributed by atoms with Gasteiger partial charge in [0, 0.05) is 49.9 Å². The van der Waals surface area contributed by atoms with E-state index in [0.29, 0.717) is 12.8 Å². The number of aryl methyl sites for hydroxylation is 2. The normalized spacial score (nSPS) is 14.3. The maximum absolute atomic E-state index is 13.0. The van der Waals surface area contributed by atoms with Gasteiger partial charge >= 0.3 is 0 Å². The second kappa shape index (κ2) is 10.8. The summed E-state index contributed by atoms with van der Waals surface area (Å²) in [5, 5.41) is 10.2. The van der Waals surface area contributed by atoms with Gasteiger partial charge in [-0.15, -0.1) is 5.10 Å². The molecule has 0 aliphatic carbocycles. The van der Waals surface area contributed by atoms with Gasteiger partial charge in [0.25, 0.3) is 0 Å². The van der Waals surface area contributed by atoms with Crippen molar-refractivity contribution in [2.24, 2.45) is 0 Å². The van der Waals surface area contributed by atoms with Crippen molar-refractivity contribution >= 4 is 23.2 Å². The molecule has 1 amide bonds. The molecule has 0 radical (unpaired) electrons. The fourth-order valence-electron chi connectivity index (χ4n) is 4.79. The molecule has 3 aromatic heterocycles. The van der Waals surface area contributed by atoms with Crippen LogP contribution < -0.4 is 0 Å². The Labute approximate surface area is 217 Å². The predicted octanol–water partition coefficient (Wildman–Crippen LogP) is 4.41. The number of nitrogens with zero attached hydrogens (tertiary/aromatic N) is 7. The highest BCUT2D eigenvalue weighted by atomic mass is 35.5. The molecule has 1 aliphatic heterocycles. The Balaban J connectivity index is 0.00000304. The molecule has 9 heteroatoms. The molecule has 5 rings (SSSR count). The Morgan fingerprint density at radius 1 is 1.03 bits per heavy atom. The largest absolute Gasteiger partial charge is 0.340 e. The molecule has 0 atom stereocenters. The van der Waals surface area contributed by atoms with E-state index in [1.165, 1.54) is 5.56 Å². The molecule has 190 valence electrons. The standard InChI is InChI=1S/C26H30ClN7O.CH4/c1-18-16-28-24-8-9-25(30-33(18)24)34-20(3)23(19(2)29-34)7-10-26(35)32-13-11-31(12-14-32)17-21-5-4-6-22(27)15-21;/h4-6,8-9,15-16H,7,10-14,17H2,1-3H3;1H4. The van der Waals surface area contributed by atoms with E-state index in [4.69, 9.17) is 21.8 Å². The van der Waals surface area contributed by atoms with Crippen LogP contribution in [-0.4, -0.2) is 66.3 Å². The molecule has 0 bridgehead atoms. The van der Waals surface area contributed by atoms with Crippen molar-refractivity contribution in [3.63, 3.8) is 0 Å². The van der Waals surface area contributed by atoms with Crippen LogP contribution in [0.1, 0.15) is 42.1 Å². The number of imidazole rings is 1. The highest BCUT2D eigenvalue weighted by molar-refractivity contribution is 6.30. The van der Waals surface area contributed by atoms with Crippen molar-refractivity contribution in [2.45, 2.75) is 47.6 Å². The fraction of sp³-hybridized carbons (Fsp3) is 0.407. The Hall–Kier alpha value is -3.23. The first-order valence-electron chi connectivity index (χ1n) is 12.0. The van der Waals surface area contributed by atoms with Crippen molar-refractivity contribution < 1.29 is 4.79 Å². The van der Waals surface area contributed by atoms with E-state index in [9.17, 15) is 4.79 Å². The summed E-state index contributed by atoms with van der Waals surface area (Å²) in [4.78, 5) is 21.7. The number of benzene rings is 1. The lowest BCUT2D eigenvalue weighted by atomic mass is 10.1. The van der Waals surface area contributed by atoms with Crippen LogP contribution in [0.2, 0.25) is 5.02 Å². The number of fused-ring (bicyclic) bond motifs is 1. The average Bonchev–Trinajstić information content (AvgIpc) is 3.36. The van der Waals surface area contributed by atoms with Gasteiger partial charge in [-0.2, -0.15) is 5.10 Å². The van der Waals surface area contributed by atoms with Crippen LogP contribution in [0, 0.1) is 20.8 Å². The lowest BCUT2D eigenvalue weighted by Gasteiger charge is -2.35. The third-order valence-corrected chi connectivity index (χ3v) is 7.02. The van der Waals surface area contributed by atoms with Gasteiger partial charge in [-0.3, -0.25) is 9.69 Å². The maximum Gasteiger partial charge on any atom is 0.222 e. The minimum absolute atomic E-state index is 0. The van der Waals surface area contributed by atoms with Crippen LogP contribution in [-0.2, 0) is 17.8 Å². The molecular formula is C27H34ClN7O. The summed E-state index contributed by atoms with van der Waals surface area (Å²) in [6.07, 6.45) is 2.96. The topological polar surface area (TPSA) is 71.6 Å². The summed E-state index contributed by atoms with van der Waals surface area (Å²) in [5.41, 5.74) is 6.06. The Morgan fingerprint density at radius 3 is 2.56 bits per heavy atom. The summed E-state index contributed by atoms with van der Waals surface area (Å²) in [5.74, 6) is 0.945. The maximum atomic E-state index is 13.0. The van der Waals surface area contributed by atoms with Crippen LogP contribution in [0.5, 0.6) is 0 Å². The number of carbonyl (C=O) groups excluding carboxylic acids is 1. The van der Waals surface area contributed by atoms with Gasteiger partial charge in [-0.1, -0.05) is 31.2 Å². The van der Waals surface area contributed by atoms with E-state index in [0.717, 1.165) is 71.9 Å². The smallest absolute Gasteiger partial charge is 0.222 e. The Morgan fingerprint density at radius 2 is 1.81 bits per heavy atom. The van der Waals surface area contributed by atoms with Crippen molar-refractivity contribution in [1.29, 1.82) is 0 Å². The quantitative estimate of drug-likeness (QED) is 0.386. The molecule has 1 aromatic carbocycles. The van der Waals surface area contributed by atoms with E-state index in [-0.39, 0.29) is 13.3 Å². The fourth-order valence-corrected chi connectivity index (χ4v) is 5.00. The van der Waals surface area contributed by atoms with Gasteiger partial charge in [0.05, 0.1) is 17.6 Å². The van der Waals surface area contributed by atoms with Crippen LogP contribution in [0.15, 0.2) is 42.6 Å². The highest BCUT2D eigenvalue weighted by Crippen LogP contribution is 2.20. The first-order valence-corrected chi connectivity index (χ1v) is 12.4. The summed E-state index contributed by atoms with van der Waals surface area (Å²) in [6.45, 7) is 10.1. The number of piperazine rings is 1. The third kappa shape index (κ3) is 5.29. The summed E-state index contributed by atoms with van der Waals surface area (Å²) >= 11 is 6.11. The zero-order valence-electron chi connectivity index (χ0n) is 20.4. The SMILES string of the molecule is C.Cc1nn(-c2ccc3ncc(C)n3n2)c(C)c1CCC(=O)N1CCN(Cc2cccc(Cl)c2)CC1. The molecule has 8 nitrogen and oxygen atoms in total. The summed E-state index contributed by atoms with van der Waals surface area (Å²) in [6, 6.07) is 11.9. The third-order valence-electron chi connectivity index (χ3n) is 6.79. The van der Waals surface area contributed by atoms with Crippen molar-refractivity contribution in [2.75, 3.05) is 26.2 Å². The molecular weight excluding hydrogens is 474 g/mol. The first kappa shape index (κ1) is 25.9. The van der Waals surface area contributed by atoms with Gasteiger partial charge in [-0.25, -0.2) is 14.2 Å². The van der Waals surface area contributed by atoms with Crippen molar-refractivity contribution in [3.8, 4) is 5.82 Å². The number of hydrogen-bond donors (Lipinski definition) is 0. The van der Waals surface area contributed by atoms with Crippen molar-refractivity contribution in [1.82, 2.24) is 34.2 Å². The average molecular weight is 508 g/mol. The van der Waals surface area contributed by atoms with Crippen LogP contribution in [0.4, 0.5) is 0 Å². The Bertz CT molecular complexity index is 1370. The van der Waals surface area contributed by atoms with Crippen LogP contribution in [0.3, 0.4) is 0 Å². The van der Waals surface area contributed by atoms with E-state index in [1.54, 1.807) is 6.20 Å². The minimum atomic E-state index is 0. The van der Waals surface area contributed by atoms with E-state index >= 15 is 0 Å². The second-order valence-electron chi connectivity index (χ2n) is 9.21. The number of aromatic nitrogens is 5. The van der Waals surface area contributed by atoms with Gasteiger partial charge < -0.3 is 4.90 Å². The minimum Gasteiger partial charge on any atom is -0.340 e. The molecule has 1 saturated heterocycles. The summed E-state index contributed by atoms with van der Waals surface area (Å²) < 4.78 is 3.68. The van der Waals surface area contributed by atoms with Crippen molar-refractivity contribution in [3.05, 3.63) is 75.8 Å². The van der Waals surface area contributed by atoms with Gasteiger partial charge in [0.1, 0.15) is 0 Å². The number of hydrogen-bond acceptors (Lipinski definition) is 5. The zero-order chi connectivity index (χ0) is 24.5. The van der Waals surface area contributed by atoms with Crippen LogP contribution >= 0.6 is 11.6 Å². The lowest BCUT2D eigenvalue weighted by molar-refractivity contribution is -0.133. The number of carbonyl (C=O) groups is 1. The number of halogens is 1. The molecule has 0 saturated carbocycles. The van der Waals surface area contributed by atoms with Gasteiger partial charge in [0.15, 0.2) is 11.5 Å². The number of amides is 1. The number of rotatable bonds is 6. The highest BCUT2D eigenvalue weighted by Gasteiger charge is 2.22. The van der Waals surface area contributed by atoms with Crippen LogP contribution in [0.25, 0.3) is 11.5 Å². The molecule has 4 heterocycles. The second-order valence-corrected chi connectivity index (χ2v) is 9.65. The molecule has 0 N–H and O–H groups in total. The monoisotopic (exact) mass is 507 g/mol. The molecule has 1 aliphatic rings. The first-order chi connectivity index (χ1) is 16.9. The zero-order valence-corrected chi connectivity index (χ0v) is 21.2. The van der Waals surface area contributed by atoms with Gasteiger partial charge in [0.2, 0.25) is 5.91 Å². The van der Waals surface area contributed by atoms with E-state index in [1.807, 2.05) is 65.2 Å². The summed E-state index contributed by atoms with van der Waals surface area (Å²) in [7, 11) is 0. The lowest BCUT2D eigenvalue weighted by Crippen LogP contribution is -2.48. The Kier molecular flexibility index (Phi) is 7.76. The molecule has 1 fully saturated rings. The molecule has 0 unspecified atom stereocenters. The molecule has 0 spiro atoms. The molecule has 36 heavy (non-hydrogen) atoms. The molecule has 4 aromatic rings. The van der Waals surface area contributed by atoms with Gasteiger partial charge in [-0.05, 0) is 62.6 Å². The van der Waals surface area contributed by atoms with E-state index < -0.39 is 0 Å². The predicted molar refractivity (Wildman–Crippen MR) is 143 cm³/mol. The van der Waals surface area contributed by atoms with E-state index in [2.05, 4.69) is 16.0 Å².